The minimum absolute atomic E-state index is 0.340. The second kappa shape index (κ2) is 3.43. The van der Waals surface area contributed by atoms with Crippen LogP contribution >= 0.6 is 23.6 Å². The second-order valence-corrected chi connectivity index (χ2v) is 4.91. The van der Waals surface area contributed by atoms with Crippen molar-refractivity contribution in [1.82, 2.24) is 4.98 Å². The van der Waals surface area contributed by atoms with Crippen LogP contribution in [0.25, 0.3) is 10.2 Å². The van der Waals surface area contributed by atoms with Crippen LogP contribution < -0.4 is 11.5 Å². The minimum Gasteiger partial charge on any atom is -0.397 e. The lowest BCUT2D eigenvalue weighted by atomic mass is 10.1. The van der Waals surface area contributed by atoms with E-state index in [9.17, 15) is 0 Å². The van der Waals surface area contributed by atoms with Gasteiger partial charge in [-0.1, -0.05) is 12.2 Å². The summed E-state index contributed by atoms with van der Waals surface area (Å²) in [5, 5.41) is 0.980. The van der Waals surface area contributed by atoms with Crippen molar-refractivity contribution in [3.8, 4) is 0 Å². The van der Waals surface area contributed by atoms with Crippen LogP contribution in [0.1, 0.15) is 16.1 Å². The fraction of sp³-hybridized carbons (Fsp3) is 0.200. The molecule has 0 aliphatic carbocycles. The van der Waals surface area contributed by atoms with Crippen LogP contribution in [-0.2, 0) is 0 Å². The number of anilines is 1. The average Bonchev–Trinajstić information content (AvgIpc) is 2.42. The first kappa shape index (κ1) is 10.3. The number of aromatic nitrogens is 1. The molecule has 0 radical (unpaired) electrons. The normalized spacial score (nSPS) is 10.8. The number of thiophene rings is 1. The van der Waals surface area contributed by atoms with E-state index in [1.807, 2.05) is 19.9 Å². The molecule has 78 valence electrons. The fourth-order valence-electron chi connectivity index (χ4n) is 1.65. The van der Waals surface area contributed by atoms with Crippen LogP contribution in [0.15, 0.2) is 6.07 Å². The van der Waals surface area contributed by atoms with Gasteiger partial charge in [-0.05, 0) is 25.5 Å². The lowest BCUT2D eigenvalue weighted by molar-refractivity contribution is 1.25. The summed E-state index contributed by atoms with van der Waals surface area (Å²) in [5.41, 5.74) is 14.4. The highest BCUT2D eigenvalue weighted by Crippen LogP contribution is 2.34. The summed E-state index contributed by atoms with van der Waals surface area (Å²) in [5.74, 6) is 0. The van der Waals surface area contributed by atoms with Gasteiger partial charge in [-0.3, -0.25) is 0 Å². The molecule has 0 fully saturated rings. The Kier molecular flexibility index (Phi) is 2.36. The SMILES string of the molecule is Cc1cc(C)c2c(N)c(C(N)=S)sc2n1. The molecule has 0 atom stereocenters. The van der Waals surface area contributed by atoms with Gasteiger partial charge in [-0.25, -0.2) is 4.98 Å². The molecule has 0 aromatic carbocycles. The maximum Gasteiger partial charge on any atom is 0.126 e. The number of hydrogen-bond acceptors (Lipinski definition) is 4. The highest BCUT2D eigenvalue weighted by Gasteiger charge is 2.14. The largest absolute Gasteiger partial charge is 0.397 e. The first-order chi connectivity index (χ1) is 7.00. The van der Waals surface area contributed by atoms with Crippen LogP contribution in [0.5, 0.6) is 0 Å². The lowest BCUT2D eigenvalue weighted by Gasteiger charge is -1.99. The second-order valence-electron chi connectivity index (χ2n) is 3.47. The first-order valence-corrected chi connectivity index (χ1v) is 5.69. The molecule has 2 aromatic heterocycles. The Labute approximate surface area is 97.1 Å². The molecule has 15 heavy (non-hydrogen) atoms. The Bertz CT molecular complexity index is 557. The van der Waals surface area contributed by atoms with E-state index >= 15 is 0 Å². The van der Waals surface area contributed by atoms with Crippen LogP contribution in [-0.4, -0.2) is 9.97 Å². The van der Waals surface area contributed by atoms with Gasteiger partial charge in [-0.2, -0.15) is 0 Å². The summed E-state index contributed by atoms with van der Waals surface area (Å²) in [6.07, 6.45) is 0. The number of nitrogens with two attached hydrogens (primary N) is 2. The third-order valence-corrected chi connectivity index (χ3v) is 3.71. The molecule has 2 rings (SSSR count). The van der Waals surface area contributed by atoms with Gasteiger partial charge in [0.1, 0.15) is 9.82 Å². The molecule has 2 heterocycles. The number of fused-ring (bicyclic) bond motifs is 1. The molecule has 3 nitrogen and oxygen atoms in total. The highest BCUT2D eigenvalue weighted by atomic mass is 32.1. The predicted molar refractivity (Wildman–Crippen MR) is 69.4 cm³/mol. The van der Waals surface area contributed by atoms with Crippen molar-refractivity contribution >= 4 is 44.4 Å². The van der Waals surface area contributed by atoms with E-state index in [1.165, 1.54) is 11.3 Å². The first-order valence-electron chi connectivity index (χ1n) is 4.46. The number of thiocarbonyl (C=S) groups is 1. The molecule has 0 aliphatic heterocycles. The Morgan fingerprint density at radius 3 is 2.73 bits per heavy atom. The molecule has 0 bridgehead atoms. The van der Waals surface area contributed by atoms with E-state index in [1.54, 1.807) is 0 Å². The Hall–Kier alpha value is -1.20. The maximum absolute atomic E-state index is 5.99. The van der Waals surface area contributed by atoms with Gasteiger partial charge < -0.3 is 11.5 Å². The van der Waals surface area contributed by atoms with Crippen molar-refractivity contribution < 1.29 is 0 Å². The summed E-state index contributed by atoms with van der Waals surface area (Å²) >= 11 is 6.41. The molecular weight excluding hydrogens is 226 g/mol. The quantitative estimate of drug-likeness (QED) is 0.746. The van der Waals surface area contributed by atoms with E-state index in [4.69, 9.17) is 23.7 Å². The summed E-state index contributed by atoms with van der Waals surface area (Å²) in [7, 11) is 0. The summed E-state index contributed by atoms with van der Waals surface area (Å²) in [4.78, 5) is 6.44. The molecule has 0 unspecified atom stereocenters. The molecule has 0 saturated heterocycles. The van der Waals surface area contributed by atoms with Crippen molar-refractivity contribution in [1.29, 1.82) is 0 Å². The van der Waals surface area contributed by atoms with Crippen LogP contribution in [0, 0.1) is 13.8 Å². The maximum atomic E-state index is 5.99. The number of hydrogen-bond donors (Lipinski definition) is 2. The van der Waals surface area contributed by atoms with Crippen LogP contribution in [0.3, 0.4) is 0 Å². The van der Waals surface area contributed by atoms with Crippen LogP contribution in [0.2, 0.25) is 0 Å². The van der Waals surface area contributed by atoms with Gasteiger partial charge in [0.25, 0.3) is 0 Å². The molecule has 5 heteroatoms. The Morgan fingerprint density at radius 2 is 2.13 bits per heavy atom. The molecule has 2 aromatic rings. The van der Waals surface area contributed by atoms with Gasteiger partial charge in [0.05, 0.1) is 10.6 Å². The molecular formula is C10H11N3S2. The van der Waals surface area contributed by atoms with E-state index in [0.717, 1.165) is 26.4 Å². The Morgan fingerprint density at radius 1 is 1.47 bits per heavy atom. The monoisotopic (exact) mass is 237 g/mol. The molecule has 0 saturated carbocycles. The summed E-state index contributed by atoms with van der Waals surface area (Å²) in [6, 6.07) is 2.01. The van der Waals surface area contributed by atoms with E-state index < -0.39 is 0 Å². The van der Waals surface area contributed by atoms with Gasteiger partial charge in [-0.15, -0.1) is 11.3 Å². The average molecular weight is 237 g/mol. The minimum atomic E-state index is 0.340. The third kappa shape index (κ3) is 1.57. The lowest BCUT2D eigenvalue weighted by Crippen LogP contribution is -2.09. The van der Waals surface area contributed by atoms with E-state index in [-0.39, 0.29) is 0 Å². The van der Waals surface area contributed by atoms with Crippen molar-refractivity contribution in [3.63, 3.8) is 0 Å². The van der Waals surface area contributed by atoms with E-state index in [2.05, 4.69) is 4.98 Å². The number of aryl methyl sites for hydroxylation is 2. The number of rotatable bonds is 1. The fourth-order valence-corrected chi connectivity index (χ4v) is 2.96. The molecule has 0 spiro atoms. The summed E-state index contributed by atoms with van der Waals surface area (Å²) < 4.78 is 0. The smallest absolute Gasteiger partial charge is 0.126 e. The standard InChI is InChI=1S/C10H11N3S2/c1-4-3-5(2)13-10-6(4)7(11)8(15-10)9(12)14/h3H,11H2,1-2H3,(H2,12,14). The van der Waals surface area contributed by atoms with Crippen LogP contribution in [0.4, 0.5) is 5.69 Å². The Balaban J connectivity index is 2.88. The highest BCUT2D eigenvalue weighted by molar-refractivity contribution is 7.81. The predicted octanol–water partition coefficient (Wildman–Crippen LogP) is 2.13. The van der Waals surface area contributed by atoms with Crippen molar-refractivity contribution in [2.24, 2.45) is 5.73 Å². The molecule has 0 amide bonds. The summed E-state index contributed by atoms with van der Waals surface area (Å²) in [6.45, 7) is 3.98. The molecule has 0 aliphatic rings. The molecule has 4 N–H and O–H groups in total. The zero-order chi connectivity index (χ0) is 11.2. The zero-order valence-corrected chi connectivity index (χ0v) is 10.1. The number of nitrogens with zero attached hydrogens (tertiary/aromatic N) is 1. The van der Waals surface area contributed by atoms with Crippen molar-refractivity contribution in [2.45, 2.75) is 13.8 Å². The third-order valence-electron chi connectivity index (χ3n) is 2.25. The van der Waals surface area contributed by atoms with Gasteiger partial charge in [0.15, 0.2) is 0 Å². The van der Waals surface area contributed by atoms with Crippen molar-refractivity contribution in [2.75, 3.05) is 5.73 Å². The number of pyridine rings is 1. The van der Waals surface area contributed by atoms with Gasteiger partial charge in [0, 0.05) is 11.1 Å². The number of nitrogen functional groups attached to an aromatic ring is 1. The van der Waals surface area contributed by atoms with E-state index in [0.29, 0.717) is 10.7 Å². The van der Waals surface area contributed by atoms with Gasteiger partial charge >= 0.3 is 0 Å². The van der Waals surface area contributed by atoms with Crippen molar-refractivity contribution in [3.05, 3.63) is 22.2 Å². The zero-order valence-electron chi connectivity index (χ0n) is 8.50. The van der Waals surface area contributed by atoms with Gasteiger partial charge in [0.2, 0.25) is 0 Å². The topological polar surface area (TPSA) is 64.9 Å².